The molecule has 6 atom stereocenters. The number of unbranched alkanes of at least 4 members (excludes halogenated alkanes) is 2. The average molecular weight is 536 g/mol. The van der Waals surface area contributed by atoms with E-state index >= 15 is 0 Å². The van der Waals surface area contributed by atoms with Crippen molar-refractivity contribution in [3.05, 3.63) is 60.2 Å². The van der Waals surface area contributed by atoms with Gasteiger partial charge in [0.05, 0.1) is 30.6 Å². The quantitative estimate of drug-likeness (QED) is 0.368. The largest absolute Gasteiger partial charge is 0.394 e. The Morgan fingerprint density at radius 2 is 1.69 bits per heavy atom. The van der Waals surface area contributed by atoms with E-state index in [0.717, 1.165) is 31.2 Å². The van der Waals surface area contributed by atoms with Crippen molar-refractivity contribution in [2.24, 2.45) is 11.8 Å². The van der Waals surface area contributed by atoms with Crippen LogP contribution in [0.4, 0.5) is 0 Å². The summed E-state index contributed by atoms with van der Waals surface area (Å²) in [5.74, 6) is -2.10. The smallest absolute Gasteiger partial charge is 0.249 e. The van der Waals surface area contributed by atoms with Crippen LogP contribution < -0.4 is 0 Å². The van der Waals surface area contributed by atoms with Gasteiger partial charge in [-0.15, -0.1) is 0 Å². The maximum absolute atomic E-state index is 14.5. The van der Waals surface area contributed by atoms with Crippen molar-refractivity contribution in [1.82, 2.24) is 14.7 Å². The summed E-state index contributed by atoms with van der Waals surface area (Å²) in [5.41, 5.74) is -0.296. The Morgan fingerprint density at radius 1 is 0.949 bits per heavy atom. The maximum Gasteiger partial charge on any atom is 0.249 e. The number of rotatable bonds is 10. The average Bonchev–Trinajstić information content (AvgIpc) is 3.27. The van der Waals surface area contributed by atoms with E-state index in [-0.39, 0.29) is 24.3 Å². The third-order valence-corrected chi connectivity index (χ3v) is 8.71. The summed E-state index contributed by atoms with van der Waals surface area (Å²) >= 11 is 0. The standard InChI is InChI=1S/C31H41N3O5/c1-3-5-9-17-33-19-11-15-31-26(25-24(39-31)14-10-18-32(16-4-2)28(25)36)29(37)34(27(31)30(33)38)23(21-35)20-22-12-7-6-8-13-22/h6-8,10-15,23-27,35H,3-5,9,16-21H2,1-2H3/t23-,24+,25-,26+,27?,31+/m1/s1. The summed E-state index contributed by atoms with van der Waals surface area (Å²) in [5, 5.41) is 10.6. The van der Waals surface area contributed by atoms with Crippen molar-refractivity contribution < 1.29 is 24.2 Å². The lowest BCUT2D eigenvalue weighted by Crippen LogP contribution is -2.58. The molecule has 39 heavy (non-hydrogen) atoms. The fraction of sp³-hybridized carbons (Fsp3) is 0.581. The minimum Gasteiger partial charge on any atom is -0.394 e. The molecule has 2 saturated heterocycles. The van der Waals surface area contributed by atoms with E-state index in [4.69, 9.17) is 4.74 Å². The van der Waals surface area contributed by atoms with Gasteiger partial charge in [0, 0.05) is 26.2 Å². The normalized spacial score (nSPS) is 30.7. The molecule has 1 spiro atoms. The predicted molar refractivity (Wildman–Crippen MR) is 147 cm³/mol. The summed E-state index contributed by atoms with van der Waals surface area (Å²) < 4.78 is 6.71. The summed E-state index contributed by atoms with van der Waals surface area (Å²) in [6, 6.07) is 8.13. The molecule has 1 N–H and O–H groups in total. The van der Waals surface area contributed by atoms with Crippen LogP contribution in [0.5, 0.6) is 0 Å². The molecule has 0 saturated carbocycles. The monoisotopic (exact) mass is 535 g/mol. The third kappa shape index (κ3) is 4.82. The van der Waals surface area contributed by atoms with Crippen LogP contribution in [0.25, 0.3) is 0 Å². The van der Waals surface area contributed by atoms with Gasteiger partial charge in [-0.2, -0.15) is 0 Å². The first-order valence-corrected chi connectivity index (χ1v) is 14.5. The number of hydrogen-bond acceptors (Lipinski definition) is 5. The minimum atomic E-state index is -1.26. The van der Waals surface area contributed by atoms with Crippen LogP contribution in [0.1, 0.15) is 45.1 Å². The summed E-state index contributed by atoms with van der Waals surface area (Å²) in [7, 11) is 0. The predicted octanol–water partition coefficient (Wildman–Crippen LogP) is 2.57. The van der Waals surface area contributed by atoms with Gasteiger partial charge in [0.25, 0.3) is 0 Å². The van der Waals surface area contributed by atoms with Crippen molar-refractivity contribution in [2.75, 3.05) is 32.8 Å². The second-order valence-corrected chi connectivity index (χ2v) is 11.2. The van der Waals surface area contributed by atoms with Crippen molar-refractivity contribution >= 4 is 17.7 Å². The van der Waals surface area contributed by atoms with Crippen LogP contribution in [0, 0.1) is 11.8 Å². The fourth-order valence-electron chi connectivity index (χ4n) is 6.93. The topological polar surface area (TPSA) is 90.4 Å². The molecule has 8 heteroatoms. The van der Waals surface area contributed by atoms with Crippen LogP contribution in [0.15, 0.2) is 54.6 Å². The molecule has 5 rings (SSSR count). The third-order valence-electron chi connectivity index (χ3n) is 8.71. The highest BCUT2D eigenvalue weighted by molar-refractivity contribution is 6.00. The number of aliphatic hydroxyl groups is 1. The highest BCUT2D eigenvalue weighted by atomic mass is 16.5. The molecule has 2 fully saturated rings. The van der Waals surface area contributed by atoms with E-state index in [1.54, 1.807) is 9.80 Å². The molecular weight excluding hydrogens is 494 g/mol. The zero-order chi connectivity index (χ0) is 27.6. The van der Waals surface area contributed by atoms with Gasteiger partial charge in [0.15, 0.2) is 0 Å². The number of carbonyl (C=O) groups excluding carboxylic acids is 3. The molecule has 0 radical (unpaired) electrons. The number of likely N-dealkylation sites (tertiary alicyclic amines) is 1. The van der Waals surface area contributed by atoms with Crippen molar-refractivity contribution in [3.8, 4) is 0 Å². The molecular formula is C31H41N3O5. The summed E-state index contributed by atoms with van der Waals surface area (Å²) in [6.45, 7) is 5.96. The van der Waals surface area contributed by atoms with E-state index in [9.17, 15) is 19.5 Å². The molecule has 4 heterocycles. The highest BCUT2D eigenvalue weighted by Crippen LogP contribution is 2.54. The molecule has 0 aromatic heterocycles. The Hall–Kier alpha value is -2.97. The molecule has 0 aliphatic carbocycles. The van der Waals surface area contributed by atoms with Crippen molar-refractivity contribution in [2.45, 2.75) is 69.7 Å². The van der Waals surface area contributed by atoms with E-state index in [1.165, 1.54) is 0 Å². The Kier molecular flexibility index (Phi) is 8.24. The first-order chi connectivity index (χ1) is 19.0. The van der Waals surface area contributed by atoms with E-state index in [2.05, 4.69) is 6.92 Å². The number of carbonyl (C=O) groups is 3. The molecule has 1 unspecified atom stereocenters. The molecule has 8 nitrogen and oxygen atoms in total. The Balaban J connectivity index is 1.57. The molecule has 1 aromatic carbocycles. The van der Waals surface area contributed by atoms with Crippen molar-refractivity contribution in [3.63, 3.8) is 0 Å². The van der Waals surface area contributed by atoms with Gasteiger partial charge in [-0.25, -0.2) is 0 Å². The molecule has 4 aliphatic rings. The summed E-state index contributed by atoms with van der Waals surface area (Å²) in [4.78, 5) is 47.9. The van der Waals surface area contributed by atoms with Gasteiger partial charge < -0.3 is 24.5 Å². The molecule has 4 aliphatic heterocycles. The van der Waals surface area contributed by atoms with Crippen molar-refractivity contribution in [1.29, 1.82) is 0 Å². The van der Waals surface area contributed by atoms with Crippen LogP contribution in [0.2, 0.25) is 0 Å². The molecule has 3 amide bonds. The van der Waals surface area contributed by atoms with Gasteiger partial charge in [0.2, 0.25) is 17.7 Å². The highest BCUT2D eigenvalue weighted by Gasteiger charge is 2.72. The Bertz CT molecular complexity index is 1120. The molecule has 0 bridgehead atoms. The Labute approximate surface area is 231 Å². The SMILES string of the molecule is CCCCCN1CC=C[C@]23O[C@H]4C=CCN(CCC)C(=O)[C@H]4[C@H]2C(=O)N([C@@H](CO)Cc2ccccc2)C3C1=O. The number of amides is 3. The maximum atomic E-state index is 14.5. The number of benzene rings is 1. The van der Waals surface area contributed by atoms with Gasteiger partial charge in [-0.05, 0) is 24.8 Å². The zero-order valence-corrected chi connectivity index (χ0v) is 23.1. The number of fused-ring (bicyclic) bond motifs is 2. The van der Waals surface area contributed by atoms with Crippen LogP contribution in [-0.2, 0) is 25.5 Å². The van der Waals surface area contributed by atoms with Crippen LogP contribution in [0.3, 0.4) is 0 Å². The van der Waals surface area contributed by atoms with E-state index in [0.29, 0.717) is 32.6 Å². The number of nitrogens with zero attached hydrogens (tertiary/aromatic N) is 3. The number of ether oxygens (including phenoxy) is 1. The fourth-order valence-corrected chi connectivity index (χ4v) is 6.93. The van der Waals surface area contributed by atoms with Gasteiger partial charge >= 0.3 is 0 Å². The first-order valence-electron chi connectivity index (χ1n) is 14.5. The lowest BCUT2D eigenvalue weighted by Gasteiger charge is -2.38. The van der Waals surface area contributed by atoms with E-state index in [1.807, 2.05) is 66.5 Å². The second kappa shape index (κ2) is 11.6. The summed E-state index contributed by atoms with van der Waals surface area (Å²) in [6.07, 6.45) is 11.2. The zero-order valence-electron chi connectivity index (χ0n) is 23.1. The second-order valence-electron chi connectivity index (χ2n) is 11.2. The lowest BCUT2D eigenvalue weighted by molar-refractivity contribution is -0.151. The first kappa shape index (κ1) is 27.6. The van der Waals surface area contributed by atoms with Gasteiger partial charge in [-0.1, -0.05) is 81.3 Å². The van der Waals surface area contributed by atoms with Gasteiger partial charge in [0.1, 0.15) is 11.6 Å². The van der Waals surface area contributed by atoms with Crippen LogP contribution in [-0.4, -0.2) is 94.1 Å². The lowest BCUT2D eigenvalue weighted by atomic mass is 9.77. The van der Waals surface area contributed by atoms with Gasteiger partial charge in [-0.3, -0.25) is 14.4 Å². The number of aliphatic hydroxyl groups excluding tert-OH is 1. The van der Waals surface area contributed by atoms with Crippen LogP contribution >= 0.6 is 0 Å². The number of hydrogen-bond donors (Lipinski definition) is 1. The Morgan fingerprint density at radius 3 is 2.41 bits per heavy atom. The minimum absolute atomic E-state index is 0.101. The molecule has 210 valence electrons. The molecule has 1 aromatic rings. The van der Waals surface area contributed by atoms with E-state index < -0.39 is 35.6 Å².